The van der Waals surface area contributed by atoms with Gasteiger partial charge in [0.25, 0.3) is 0 Å². The molecule has 1 aromatic rings. The van der Waals surface area contributed by atoms with Crippen molar-refractivity contribution in [3.8, 4) is 6.07 Å². The molecule has 1 aromatic carbocycles. The van der Waals surface area contributed by atoms with Gasteiger partial charge in [0.1, 0.15) is 5.82 Å². The van der Waals surface area contributed by atoms with Gasteiger partial charge in [0.2, 0.25) is 0 Å². The van der Waals surface area contributed by atoms with Crippen LogP contribution in [0.1, 0.15) is 18.9 Å². The topological polar surface area (TPSA) is 35.8 Å². The first-order valence-corrected chi connectivity index (χ1v) is 5.25. The first-order valence-electron chi connectivity index (χ1n) is 5.25. The summed E-state index contributed by atoms with van der Waals surface area (Å²) in [5.74, 6) is -0.224. The van der Waals surface area contributed by atoms with Crippen molar-refractivity contribution >= 4 is 6.08 Å². The molecule has 0 aliphatic heterocycles. The highest BCUT2D eigenvalue weighted by Crippen LogP contribution is 2.04. The highest BCUT2D eigenvalue weighted by molar-refractivity contribution is 5.48. The zero-order valence-corrected chi connectivity index (χ0v) is 9.28. The number of halogens is 1. The number of nitriles is 1. The summed E-state index contributed by atoms with van der Waals surface area (Å²) in [7, 11) is 0. The Kier molecular flexibility index (Phi) is 5.24. The lowest BCUT2D eigenvalue weighted by Gasteiger charge is -2.06. The van der Waals surface area contributed by atoms with Gasteiger partial charge in [-0.15, -0.1) is 0 Å². The molecule has 1 N–H and O–H groups in total. The molecule has 0 saturated carbocycles. The van der Waals surface area contributed by atoms with Crippen molar-refractivity contribution in [2.24, 2.45) is 0 Å². The van der Waals surface area contributed by atoms with Gasteiger partial charge in [-0.25, -0.2) is 4.39 Å². The van der Waals surface area contributed by atoms with Crippen molar-refractivity contribution in [3.05, 3.63) is 41.7 Å². The predicted octanol–water partition coefficient (Wildman–Crippen LogP) is 2.73. The van der Waals surface area contributed by atoms with Crippen LogP contribution in [0.25, 0.3) is 6.08 Å². The average Bonchev–Trinajstić information content (AvgIpc) is 2.27. The molecule has 0 spiro atoms. The monoisotopic (exact) mass is 218 g/mol. The van der Waals surface area contributed by atoms with Crippen molar-refractivity contribution in [3.63, 3.8) is 0 Å². The second kappa shape index (κ2) is 6.76. The second-order valence-electron chi connectivity index (χ2n) is 3.63. The summed E-state index contributed by atoms with van der Waals surface area (Å²) in [5.41, 5.74) is 0.969. The van der Waals surface area contributed by atoms with Crippen molar-refractivity contribution in [2.45, 2.75) is 19.4 Å². The highest BCUT2D eigenvalue weighted by Gasteiger charge is 1.96. The number of nitrogens with one attached hydrogen (secondary N) is 1. The van der Waals surface area contributed by atoms with Gasteiger partial charge < -0.3 is 5.32 Å². The first kappa shape index (κ1) is 12.4. The van der Waals surface area contributed by atoms with Crippen LogP contribution in [0.2, 0.25) is 0 Å². The van der Waals surface area contributed by atoms with E-state index in [1.807, 2.05) is 19.1 Å². The standard InChI is InChI=1S/C13H15FN2/c1-11(8-9-15)16-10-2-3-12-4-6-13(14)7-5-12/h2-7,11,16H,8,10H2,1H3/b3-2+. The molecule has 0 saturated heterocycles. The maximum absolute atomic E-state index is 12.6. The zero-order valence-electron chi connectivity index (χ0n) is 9.28. The Morgan fingerprint density at radius 3 is 2.75 bits per heavy atom. The first-order chi connectivity index (χ1) is 7.72. The third-order valence-electron chi connectivity index (χ3n) is 2.16. The van der Waals surface area contributed by atoms with Crippen LogP contribution < -0.4 is 5.32 Å². The number of benzene rings is 1. The molecule has 0 amide bonds. The van der Waals surface area contributed by atoms with Gasteiger partial charge in [-0.1, -0.05) is 24.3 Å². The summed E-state index contributed by atoms with van der Waals surface area (Å²) in [5, 5.41) is 11.6. The Bertz CT molecular complexity index is 376. The van der Waals surface area contributed by atoms with E-state index in [4.69, 9.17) is 5.26 Å². The third-order valence-corrected chi connectivity index (χ3v) is 2.16. The maximum Gasteiger partial charge on any atom is 0.123 e. The molecule has 0 bridgehead atoms. The summed E-state index contributed by atoms with van der Waals surface area (Å²) in [4.78, 5) is 0. The van der Waals surface area contributed by atoms with E-state index >= 15 is 0 Å². The molecular weight excluding hydrogens is 203 g/mol. The van der Waals surface area contributed by atoms with Gasteiger partial charge in [-0.05, 0) is 24.6 Å². The minimum atomic E-state index is -0.224. The molecule has 2 nitrogen and oxygen atoms in total. The van der Waals surface area contributed by atoms with Crippen LogP contribution in [0.5, 0.6) is 0 Å². The van der Waals surface area contributed by atoms with Crippen LogP contribution in [0.4, 0.5) is 4.39 Å². The fourth-order valence-corrected chi connectivity index (χ4v) is 1.25. The van der Waals surface area contributed by atoms with Crippen molar-refractivity contribution in [1.82, 2.24) is 5.32 Å². The molecule has 0 fully saturated rings. The van der Waals surface area contributed by atoms with E-state index in [1.54, 1.807) is 12.1 Å². The molecule has 0 aliphatic rings. The van der Waals surface area contributed by atoms with Crippen molar-refractivity contribution in [2.75, 3.05) is 6.54 Å². The van der Waals surface area contributed by atoms with E-state index in [0.29, 0.717) is 13.0 Å². The predicted molar refractivity (Wildman–Crippen MR) is 63.1 cm³/mol. The molecule has 1 unspecified atom stereocenters. The smallest absolute Gasteiger partial charge is 0.123 e. The van der Waals surface area contributed by atoms with Gasteiger partial charge in [-0.2, -0.15) is 5.26 Å². The Labute approximate surface area is 95.4 Å². The van der Waals surface area contributed by atoms with E-state index in [0.717, 1.165) is 5.56 Å². The minimum Gasteiger partial charge on any atom is -0.310 e. The number of hydrogen-bond acceptors (Lipinski definition) is 2. The van der Waals surface area contributed by atoms with Gasteiger partial charge in [0.05, 0.1) is 12.5 Å². The normalized spacial score (nSPS) is 12.6. The third kappa shape index (κ3) is 4.72. The molecule has 0 aliphatic carbocycles. The zero-order chi connectivity index (χ0) is 11.8. The molecule has 16 heavy (non-hydrogen) atoms. The van der Waals surface area contributed by atoms with Crippen molar-refractivity contribution < 1.29 is 4.39 Å². The van der Waals surface area contributed by atoms with Crippen LogP contribution in [0.3, 0.4) is 0 Å². The Balaban J connectivity index is 2.32. The lowest BCUT2D eigenvalue weighted by atomic mass is 10.2. The Morgan fingerprint density at radius 1 is 1.44 bits per heavy atom. The second-order valence-corrected chi connectivity index (χ2v) is 3.63. The summed E-state index contributed by atoms with van der Waals surface area (Å²) < 4.78 is 12.6. The lowest BCUT2D eigenvalue weighted by Crippen LogP contribution is -2.25. The Hall–Kier alpha value is -1.66. The fraction of sp³-hybridized carbons (Fsp3) is 0.308. The Morgan fingerprint density at radius 2 is 2.12 bits per heavy atom. The van der Waals surface area contributed by atoms with Crippen LogP contribution in [-0.4, -0.2) is 12.6 Å². The lowest BCUT2D eigenvalue weighted by molar-refractivity contribution is 0.595. The van der Waals surface area contributed by atoms with Gasteiger partial charge >= 0.3 is 0 Å². The highest BCUT2D eigenvalue weighted by atomic mass is 19.1. The van der Waals surface area contributed by atoms with Crippen molar-refractivity contribution in [1.29, 1.82) is 5.26 Å². The summed E-state index contributed by atoms with van der Waals surface area (Å²) >= 11 is 0. The molecule has 1 atom stereocenters. The summed E-state index contributed by atoms with van der Waals surface area (Å²) in [6.07, 6.45) is 4.39. The van der Waals surface area contributed by atoms with E-state index in [-0.39, 0.29) is 11.9 Å². The van der Waals surface area contributed by atoms with Crippen LogP contribution >= 0.6 is 0 Å². The minimum absolute atomic E-state index is 0.197. The SMILES string of the molecule is CC(CC#N)NC/C=C/c1ccc(F)cc1. The van der Waals surface area contributed by atoms with Gasteiger partial charge in [0, 0.05) is 12.6 Å². The van der Waals surface area contributed by atoms with Crippen LogP contribution in [-0.2, 0) is 0 Å². The quantitative estimate of drug-likeness (QED) is 0.824. The fourth-order valence-electron chi connectivity index (χ4n) is 1.25. The van der Waals surface area contributed by atoms with E-state index in [1.165, 1.54) is 12.1 Å². The molecule has 0 radical (unpaired) electrons. The maximum atomic E-state index is 12.6. The van der Waals surface area contributed by atoms with Gasteiger partial charge in [0.15, 0.2) is 0 Å². The largest absolute Gasteiger partial charge is 0.310 e. The molecule has 1 rings (SSSR count). The molecular formula is C13H15FN2. The van der Waals surface area contributed by atoms with Gasteiger partial charge in [-0.3, -0.25) is 0 Å². The van der Waals surface area contributed by atoms with E-state index < -0.39 is 0 Å². The molecule has 84 valence electrons. The number of hydrogen-bond donors (Lipinski definition) is 1. The van der Waals surface area contributed by atoms with Crippen LogP contribution in [0.15, 0.2) is 30.3 Å². The number of rotatable bonds is 5. The molecule has 0 aromatic heterocycles. The summed E-state index contributed by atoms with van der Waals surface area (Å²) in [6.45, 7) is 2.68. The molecule has 3 heteroatoms. The molecule has 0 heterocycles. The van der Waals surface area contributed by atoms with E-state index in [2.05, 4.69) is 11.4 Å². The average molecular weight is 218 g/mol. The van der Waals surface area contributed by atoms with Crippen LogP contribution in [0, 0.1) is 17.1 Å². The number of nitrogens with zero attached hydrogens (tertiary/aromatic N) is 1. The summed E-state index contributed by atoms with van der Waals surface area (Å²) in [6, 6.07) is 8.63. The van der Waals surface area contributed by atoms with E-state index in [9.17, 15) is 4.39 Å².